The third-order valence-corrected chi connectivity index (χ3v) is 4.96. The minimum Gasteiger partial charge on any atom is -0.481 e. The summed E-state index contributed by atoms with van der Waals surface area (Å²) in [7, 11) is 0. The predicted octanol–water partition coefficient (Wildman–Crippen LogP) is 3.18. The van der Waals surface area contributed by atoms with Gasteiger partial charge in [0, 0.05) is 18.7 Å². The molecular weight excluding hydrogens is 344 g/mol. The average molecular weight is 366 g/mol. The number of benzene rings is 2. The third-order valence-electron chi connectivity index (χ3n) is 4.96. The normalized spacial score (nSPS) is 19.0. The summed E-state index contributed by atoms with van der Waals surface area (Å²) in [5, 5.41) is 12.2. The van der Waals surface area contributed by atoms with Gasteiger partial charge in [-0.15, -0.1) is 0 Å². The Morgan fingerprint density at radius 1 is 1.11 bits per heavy atom. The van der Waals surface area contributed by atoms with Crippen LogP contribution in [0, 0.1) is 12.3 Å². The van der Waals surface area contributed by atoms with Gasteiger partial charge in [-0.1, -0.05) is 29.8 Å². The van der Waals surface area contributed by atoms with Crippen LogP contribution in [-0.4, -0.2) is 40.9 Å². The van der Waals surface area contributed by atoms with E-state index < -0.39 is 11.4 Å². The van der Waals surface area contributed by atoms with E-state index in [2.05, 4.69) is 5.32 Å². The highest BCUT2D eigenvalue weighted by molar-refractivity contribution is 6.09. The lowest BCUT2D eigenvalue weighted by molar-refractivity contribution is -0.147. The third kappa shape index (κ3) is 3.84. The SMILES string of the molecule is Cc1cccc(C(=O)Nc2ccccc2C(=O)N2CCC(C)(C(=O)O)C2)c1. The number of amides is 2. The fraction of sp³-hybridized carbons (Fsp3) is 0.286. The molecule has 1 saturated heterocycles. The lowest BCUT2D eigenvalue weighted by atomic mass is 9.90. The van der Waals surface area contributed by atoms with Crippen molar-refractivity contribution in [2.45, 2.75) is 20.3 Å². The lowest BCUT2D eigenvalue weighted by Crippen LogP contribution is -2.35. The van der Waals surface area contributed by atoms with Crippen LogP contribution in [0.2, 0.25) is 0 Å². The number of hydrogen-bond donors (Lipinski definition) is 2. The van der Waals surface area contributed by atoms with Crippen LogP contribution < -0.4 is 5.32 Å². The molecule has 6 nitrogen and oxygen atoms in total. The number of aryl methyl sites for hydroxylation is 1. The number of hydrogen-bond acceptors (Lipinski definition) is 3. The quantitative estimate of drug-likeness (QED) is 0.870. The summed E-state index contributed by atoms with van der Waals surface area (Å²) in [6.07, 6.45) is 0.409. The smallest absolute Gasteiger partial charge is 0.311 e. The van der Waals surface area contributed by atoms with Gasteiger partial charge < -0.3 is 15.3 Å². The summed E-state index contributed by atoms with van der Waals surface area (Å²) in [5.41, 5.74) is 1.31. The van der Waals surface area contributed by atoms with Gasteiger partial charge in [0.15, 0.2) is 0 Å². The number of anilines is 1. The van der Waals surface area contributed by atoms with Crippen LogP contribution in [0.4, 0.5) is 5.69 Å². The van der Waals surface area contributed by atoms with Crippen molar-refractivity contribution in [3.8, 4) is 0 Å². The number of nitrogens with zero attached hydrogens (tertiary/aromatic N) is 1. The number of carboxylic acids is 1. The molecule has 0 bridgehead atoms. The number of carboxylic acid groups (broad SMARTS) is 1. The summed E-state index contributed by atoms with van der Waals surface area (Å²) in [6.45, 7) is 4.08. The highest BCUT2D eigenvalue weighted by Crippen LogP contribution is 2.32. The van der Waals surface area contributed by atoms with Crippen LogP contribution in [0.15, 0.2) is 48.5 Å². The van der Waals surface area contributed by atoms with Gasteiger partial charge in [-0.3, -0.25) is 14.4 Å². The zero-order valence-electron chi connectivity index (χ0n) is 15.4. The van der Waals surface area contributed by atoms with Crippen molar-refractivity contribution >= 4 is 23.5 Å². The van der Waals surface area contributed by atoms with Crippen LogP contribution in [0.25, 0.3) is 0 Å². The molecule has 1 heterocycles. The van der Waals surface area contributed by atoms with Crippen molar-refractivity contribution in [3.63, 3.8) is 0 Å². The Morgan fingerprint density at radius 2 is 1.85 bits per heavy atom. The Bertz CT molecular complexity index is 909. The number of likely N-dealkylation sites (tertiary alicyclic amines) is 1. The predicted molar refractivity (Wildman–Crippen MR) is 102 cm³/mol. The molecule has 1 unspecified atom stereocenters. The fourth-order valence-electron chi connectivity index (χ4n) is 3.24. The van der Waals surface area contributed by atoms with E-state index in [1.807, 2.05) is 13.0 Å². The summed E-state index contributed by atoms with van der Waals surface area (Å²) in [6, 6.07) is 14.0. The fourth-order valence-corrected chi connectivity index (χ4v) is 3.24. The molecule has 2 N–H and O–H groups in total. The lowest BCUT2D eigenvalue weighted by Gasteiger charge is -2.21. The van der Waals surface area contributed by atoms with E-state index in [1.54, 1.807) is 49.4 Å². The Balaban J connectivity index is 1.81. The molecule has 2 aromatic carbocycles. The number of nitrogens with one attached hydrogen (secondary N) is 1. The van der Waals surface area contributed by atoms with Crippen molar-refractivity contribution in [1.82, 2.24) is 4.90 Å². The topological polar surface area (TPSA) is 86.7 Å². The van der Waals surface area contributed by atoms with Gasteiger partial charge in [0.25, 0.3) is 11.8 Å². The molecule has 140 valence electrons. The second-order valence-corrected chi connectivity index (χ2v) is 7.21. The molecule has 2 aromatic rings. The first-order valence-corrected chi connectivity index (χ1v) is 8.80. The summed E-state index contributed by atoms with van der Waals surface area (Å²) in [4.78, 5) is 38.4. The summed E-state index contributed by atoms with van der Waals surface area (Å²) >= 11 is 0. The number of carbonyl (C=O) groups excluding carboxylic acids is 2. The molecule has 3 rings (SSSR count). The molecule has 27 heavy (non-hydrogen) atoms. The van der Waals surface area contributed by atoms with Crippen molar-refractivity contribution in [2.24, 2.45) is 5.41 Å². The Morgan fingerprint density at radius 3 is 2.52 bits per heavy atom. The van der Waals surface area contributed by atoms with Crippen LogP contribution in [0.1, 0.15) is 39.6 Å². The highest BCUT2D eigenvalue weighted by Gasteiger charge is 2.42. The average Bonchev–Trinajstić information content (AvgIpc) is 3.05. The maximum Gasteiger partial charge on any atom is 0.311 e. The van der Waals surface area contributed by atoms with Gasteiger partial charge in [-0.2, -0.15) is 0 Å². The van der Waals surface area contributed by atoms with Crippen LogP contribution >= 0.6 is 0 Å². The molecular formula is C21H22N2O4. The number of aliphatic carboxylic acids is 1. The second-order valence-electron chi connectivity index (χ2n) is 7.21. The first kappa shape index (κ1) is 18.6. The first-order chi connectivity index (χ1) is 12.8. The van der Waals surface area contributed by atoms with Gasteiger partial charge in [0.1, 0.15) is 0 Å². The standard InChI is InChI=1S/C21H22N2O4/c1-14-6-5-7-15(12-14)18(24)22-17-9-4-3-8-16(17)19(25)23-11-10-21(2,13-23)20(26)27/h3-9,12H,10-11,13H2,1-2H3,(H,22,24)(H,26,27). The number of carbonyl (C=O) groups is 3. The minimum absolute atomic E-state index is 0.154. The molecule has 6 heteroatoms. The van der Waals surface area contributed by atoms with Crippen molar-refractivity contribution in [2.75, 3.05) is 18.4 Å². The zero-order chi connectivity index (χ0) is 19.6. The Kier molecular flexibility index (Phi) is 4.99. The van der Waals surface area contributed by atoms with Crippen LogP contribution in [0.5, 0.6) is 0 Å². The zero-order valence-corrected chi connectivity index (χ0v) is 15.4. The molecule has 1 fully saturated rings. The molecule has 0 saturated carbocycles. The van der Waals surface area contributed by atoms with Gasteiger partial charge in [0.05, 0.1) is 16.7 Å². The van der Waals surface area contributed by atoms with E-state index in [0.29, 0.717) is 29.8 Å². The van der Waals surface area contributed by atoms with Crippen molar-refractivity contribution in [1.29, 1.82) is 0 Å². The molecule has 1 atom stereocenters. The van der Waals surface area contributed by atoms with Crippen LogP contribution in [0.3, 0.4) is 0 Å². The van der Waals surface area contributed by atoms with Crippen molar-refractivity contribution in [3.05, 3.63) is 65.2 Å². The maximum atomic E-state index is 12.9. The molecule has 1 aliphatic rings. The first-order valence-electron chi connectivity index (χ1n) is 8.80. The van der Waals surface area contributed by atoms with E-state index in [9.17, 15) is 19.5 Å². The maximum absolute atomic E-state index is 12.9. The minimum atomic E-state index is -0.935. The Labute approximate surface area is 157 Å². The van der Waals surface area contributed by atoms with E-state index in [-0.39, 0.29) is 18.4 Å². The number of para-hydroxylation sites is 1. The summed E-state index contributed by atoms with van der Waals surface area (Å²) in [5.74, 6) is -1.48. The van der Waals surface area contributed by atoms with Gasteiger partial charge in [-0.05, 0) is 44.5 Å². The molecule has 0 aromatic heterocycles. The van der Waals surface area contributed by atoms with E-state index in [0.717, 1.165) is 5.56 Å². The van der Waals surface area contributed by atoms with E-state index in [4.69, 9.17) is 0 Å². The van der Waals surface area contributed by atoms with Gasteiger partial charge in [0.2, 0.25) is 0 Å². The highest BCUT2D eigenvalue weighted by atomic mass is 16.4. The second kappa shape index (κ2) is 7.23. The molecule has 0 spiro atoms. The van der Waals surface area contributed by atoms with Crippen LogP contribution in [-0.2, 0) is 4.79 Å². The molecule has 0 radical (unpaired) electrons. The molecule has 0 aliphatic carbocycles. The summed E-state index contributed by atoms with van der Waals surface area (Å²) < 4.78 is 0. The van der Waals surface area contributed by atoms with Gasteiger partial charge >= 0.3 is 5.97 Å². The number of rotatable bonds is 4. The molecule has 1 aliphatic heterocycles. The largest absolute Gasteiger partial charge is 0.481 e. The molecule has 2 amide bonds. The van der Waals surface area contributed by atoms with Gasteiger partial charge in [-0.25, -0.2) is 0 Å². The van der Waals surface area contributed by atoms with E-state index in [1.165, 1.54) is 4.90 Å². The Hall–Kier alpha value is -3.15. The van der Waals surface area contributed by atoms with Crippen molar-refractivity contribution < 1.29 is 19.5 Å². The monoisotopic (exact) mass is 366 g/mol. The van der Waals surface area contributed by atoms with E-state index >= 15 is 0 Å².